The zero-order valence-corrected chi connectivity index (χ0v) is 9.91. The van der Waals surface area contributed by atoms with E-state index in [0.717, 1.165) is 12.1 Å². The van der Waals surface area contributed by atoms with Gasteiger partial charge in [-0.05, 0) is 31.5 Å². The van der Waals surface area contributed by atoms with E-state index in [1.54, 1.807) is 13.8 Å². The standard InChI is InChI=1S/C12H13F3O3/c1-7(2)18-6-9-4-3-8(11(16)17)5-10(9)12(13,14)15/h3-5,7H,6H2,1-2H3,(H,16,17). The molecule has 0 aliphatic rings. The zero-order valence-electron chi connectivity index (χ0n) is 9.91. The number of alkyl halides is 3. The van der Waals surface area contributed by atoms with Crippen molar-refractivity contribution in [3.05, 3.63) is 34.9 Å². The monoisotopic (exact) mass is 262 g/mol. The lowest BCUT2D eigenvalue weighted by atomic mass is 10.0. The number of carbonyl (C=O) groups is 1. The van der Waals surface area contributed by atoms with E-state index in [0.29, 0.717) is 6.07 Å². The molecule has 0 unspecified atom stereocenters. The summed E-state index contributed by atoms with van der Waals surface area (Å²) in [5.41, 5.74) is -1.43. The molecule has 0 aliphatic carbocycles. The number of rotatable bonds is 4. The summed E-state index contributed by atoms with van der Waals surface area (Å²) < 4.78 is 43.4. The van der Waals surface area contributed by atoms with Gasteiger partial charge in [0.1, 0.15) is 0 Å². The van der Waals surface area contributed by atoms with Gasteiger partial charge in [0.2, 0.25) is 0 Å². The van der Waals surface area contributed by atoms with Crippen molar-refractivity contribution >= 4 is 5.97 Å². The van der Waals surface area contributed by atoms with Crippen LogP contribution < -0.4 is 0 Å². The van der Waals surface area contributed by atoms with Crippen LogP contribution in [0.25, 0.3) is 0 Å². The van der Waals surface area contributed by atoms with E-state index < -0.39 is 23.3 Å². The van der Waals surface area contributed by atoms with Crippen LogP contribution in [0.4, 0.5) is 13.2 Å². The van der Waals surface area contributed by atoms with Crippen molar-refractivity contribution in [1.82, 2.24) is 0 Å². The fourth-order valence-electron chi connectivity index (χ4n) is 1.36. The average Bonchev–Trinajstić information content (AvgIpc) is 2.24. The van der Waals surface area contributed by atoms with Gasteiger partial charge in [0.25, 0.3) is 0 Å². The van der Waals surface area contributed by atoms with Crippen molar-refractivity contribution in [2.45, 2.75) is 32.7 Å². The van der Waals surface area contributed by atoms with Crippen LogP contribution in [0.3, 0.4) is 0 Å². The second kappa shape index (κ2) is 5.39. The fourth-order valence-corrected chi connectivity index (χ4v) is 1.36. The molecule has 0 atom stereocenters. The molecule has 1 aromatic rings. The topological polar surface area (TPSA) is 46.5 Å². The van der Waals surface area contributed by atoms with Crippen molar-refractivity contribution in [2.24, 2.45) is 0 Å². The summed E-state index contributed by atoms with van der Waals surface area (Å²) in [6.45, 7) is 3.21. The first kappa shape index (κ1) is 14.5. The quantitative estimate of drug-likeness (QED) is 0.905. The molecule has 1 rings (SSSR count). The molecule has 18 heavy (non-hydrogen) atoms. The summed E-state index contributed by atoms with van der Waals surface area (Å²) in [7, 11) is 0. The summed E-state index contributed by atoms with van der Waals surface area (Å²) in [6.07, 6.45) is -4.80. The SMILES string of the molecule is CC(C)OCc1ccc(C(=O)O)cc1C(F)(F)F. The maximum Gasteiger partial charge on any atom is 0.416 e. The highest BCUT2D eigenvalue weighted by molar-refractivity contribution is 5.87. The largest absolute Gasteiger partial charge is 0.478 e. The molecular formula is C12H13F3O3. The number of carboxylic acids is 1. The van der Waals surface area contributed by atoms with E-state index in [1.165, 1.54) is 0 Å². The van der Waals surface area contributed by atoms with Crippen LogP contribution >= 0.6 is 0 Å². The Balaban J connectivity index is 3.13. The molecule has 0 spiro atoms. The molecule has 6 heteroatoms. The number of aromatic carboxylic acids is 1. The first-order valence-corrected chi connectivity index (χ1v) is 5.27. The molecule has 0 amide bonds. The molecule has 0 fully saturated rings. The number of hydrogen-bond acceptors (Lipinski definition) is 2. The summed E-state index contributed by atoms with van der Waals surface area (Å²) in [6, 6.07) is 2.90. The lowest BCUT2D eigenvalue weighted by Crippen LogP contribution is -2.13. The van der Waals surface area contributed by atoms with Crippen molar-refractivity contribution < 1.29 is 27.8 Å². The Morgan fingerprint density at radius 3 is 2.44 bits per heavy atom. The predicted molar refractivity (Wildman–Crippen MR) is 58.3 cm³/mol. The van der Waals surface area contributed by atoms with Crippen LogP contribution in [0, 0.1) is 0 Å². The van der Waals surface area contributed by atoms with Crippen LogP contribution in [-0.2, 0) is 17.5 Å². The number of benzene rings is 1. The highest BCUT2D eigenvalue weighted by atomic mass is 19.4. The van der Waals surface area contributed by atoms with Gasteiger partial charge in [-0.15, -0.1) is 0 Å². The molecule has 0 radical (unpaired) electrons. The van der Waals surface area contributed by atoms with Crippen LogP contribution in [-0.4, -0.2) is 17.2 Å². The highest BCUT2D eigenvalue weighted by Gasteiger charge is 2.34. The normalized spacial score (nSPS) is 11.9. The molecule has 3 nitrogen and oxygen atoms in total. The second-order valence-corrected chi connectivity index (χ2v) is 4.03. The minimum Gasteiger partial charge on any atom is -0.478 e. The van der Waals surface area contributed by atoms with Gasteiger partial charge in [0, 0.05) is 0 Å². The molecule has 0 saturated carbocycles. The molecule has 0 bridgehead atoms. The van der Waals surface area contributed by atoms with Crippen LogP contribution in [0.1, 0.15) is 35.3 Å². The van der Waals surface area contributed by atoms with Gasteiger partial charge in [-0.1, -0.05) is 6.07 Å². The first-order chi connectivity index (χ1) is 8.21. The lowest BCUT2D eigenvalue weighted by Gasteiger charge is -2.15. The average molecular weight is 262 g/mol. The first-order valence-electron chi connectivity index (χ1n) is 5.27. The lowest BCUT2D eigenvalue weighted by molar-refractivity contribution is -0.139. The summed E-state index contributed by atoms with van der Waals surface area (Å²) in [5, 5.41) is 8.69. The van der Waals surface area contributed by atoms with E-state index in [4.69, 9.17) is 9.84 Å². The molecule has 0 aliphatic heterocycles. The van der Waals surface area contributed by atoms with Crippen LogP contribution in [0.2, 0.25) is 0 Å². The van der Waals surface area contributed by atoms with Crippen molar-refractivity contribution in [2.75, 3.05) is 0 Å². The van der Waals surface area contributed by atoms with Gasteiger partial charge in [-0.2, -0.15) is 13.2 Å². The van der Waals surface area contributed by atoms with Gasteiger partial charge in [0.05, 0.1) is 23.8 Å². The Morgan fingerprint density at radius 1 is 1.39 bits per heavy atom. The Kier molecular flexibility index (Phi) is 4.34. The van der Waals surface area contributed by atoms with Gasteiger partial charge in [-0.3, -0.25) is 0 Å². The highest BCUT2D eigenvalue weighted by Crippen LogP contribution is 2.33. The minimum atomic E-state index is -4.60. The number of carboxylic acid groups (broad SMARTS) is 1. The minimum absolute atomic E-state index is 0.0683. The molecule has 1 aromatic carbocycles. The third-order valence-corrected chi connectivity index (χ3v) is 2.23. The summed E-state index contributed by atoms with van der Waals surface area (Å²) >= 11 is 0. The fraction of sp³-hybridized carbons (Fsp3) is 0.417. The molecule has 1 N–H and O–H groups in total. The van der Waals surface area contributed by atoms with Gasteiger partial charge < -0.3 is 9.84 Å². The van der Waals surface area contributed by atoms with E-state index in [-0.39, 0.29) is 18.3 Å². The maximum atomic E-state index is 12.8. The van der Waals surface area contributed by atoms with Gasteiger partial charge in [-0.25, -0.2) is 4.79 Å². The van der Waals surface area contributed by atoms with Crippen LogP contribution in [0.15, 0.2) is 18.2 Å². The maximum absolute atomic E-state index is 12.8. The van der Waals surface area contributed by atoms with Crippen molar-refractivity contribution in [1.29, 1.82) is 0 Å². The molecular weight excluding hydrogens is 249 g/mol. The second-order valence-electron chi connectivity index (χ2n) is 4.03. The molecule has 0 heterocycles. The molecule has 0 aromatic heterocycles. The Bertz CT molecular complexity index is 439. The Labute approximate surface area is 102 Å². The molecule has 0 saturated heterocycles. The number of ether oxygens (including phenoxy) is 1. The van der Waals surface area contributed by atoms with Crippen LogP contribution in [0.5, 0.6) is 0 Å². The zero-order chi connectivity index (χ0) is 13.9. The number of hydrogen-bond donors (Lipinski definition) is 1. The van der Waals surface area contributed by atoms with Gasteiger partial charge in [0.15, 0.2) is 0 Å². The third-order valence-electron chi connectivity index (χ3n) is 2.23. The van der Waals surface area contributed by atoms with Gasteiger partial charge >= 0.3 is 12.1 Å². The van der Waals surface area contributed by atoms with Crippen molar-refractivity contribution in [3.8, 4) is 0 Å². The van der Waals surface area contributed by atoms with E-state index in [2.05, 4.69) is 0 Å². The van der Waals surface area contributed by atoms with E-state index in [1.807, 2.05) is 0 Å². The van der Waals surface area contributed by atoms with E-state index in [9.17, 15) is 18.0 Å². The summed E-state index contributed by atoms with van der Waals surface area (Å²) in [5.74, 6) is -1.39. The Hall–Kier alpha value is -1.56. The van der Waals surface area contributed by atoms with Crippen molar-refractivity contribution in [3.63, 3.8) is 0 Å². The van der Waals surface area contributed by atoms with E-state index >= 15 is 0 Å². The summed E-state index contributed by atoms with van der Waals surface area (Å²) in [4.78, 5) is 10.7. The number of halogens is 3. The molecule has 100 valence electrons. The predicted octanol–water partition coefficient (Wildman–Crippen LogP) is 3.33. The third kappa shape index (κ3) is 3.73. The smallest absolute Gasteiger partial charge is 0.416 e. The Morgan fingerprint density at radius 2 is 2.00 bits per heavy atom.